The van der Waals surface area contributed by atoms with Gasteiger partial charge in [-0.05, 0) is 49.4 Å². The highest BCUT2D eigenvalue weighted by atomic mass is 79.9. The number of halogens is 1. The monoisotopic (exact) mass is 308 g/mol. The Bertz CT molecular complexity index is 433. The minimum atomic E-state index is 0.807. The van der Waals surface area contributed by atoms with E-state index in [1.54, 1.807) is 0 Å². The highest BCUT2D eigenvalue weighted by Gasteiger charge is 2.37. The summed E-state index contributed by atoms with van der Waals surface area (Å²) in [5.41, 5.74) is 2.75. The van der Waals surface area contributed by atoms with Crippen LogP contribution in [0.2, 0.25) is 0 Å². The van der Waals surface area contributed by atoms with Crippen molar-refractivity contribution in [3.05, 3.63) is 28.2 Å². The maximum Gasteiger partial charge on any atom is 0.0380 e. The van der Waals surface area contributed by atoms with Gasteiger partial charge in [0.25, 0.3) is 0 Å². The molecule has 3 rings (SSSR count). The Morgan fingerprint density at radius 1 is 1.39 bits per heavy atom. The fourth-order valence-electron chi connectivity index (χ4n) is 3.36. The molecule has 1 aliphatic heterocycles. The van der Waals surface area contributed by atoms with Crippen LogP contribution in [0.4, 0.5) is 5.69 Å². The average Bonchev–Trinajstić information content (AvgIpc) is 2.99. The van der Waals surface area contributed by atoms with Crippen LogP contribution in [0.25, 0.3) is 0 Å². The third-order valence-electron chi connectivity index (χ3n) is 4.34. The maximum atomic E-state index is 3.71. The number of rotatable bonds is 4. The standard InChI is InChI=1S/C15H21BrN2/c1-2-17-9-12-4-6-14(8-15(12)16)18-10-11-3-5-13(18)7-11/h4,6,8,11,13,17H,2-3,5,7,9-10H2,1H3. The number of nitrogens with one attached hydrogen (secondary N) is 1. The SMILES string of the molecule is CCNCc1ccc(N2CC3CCC2C3)cc1Br. The molecule has 2 fully saturated rings. The lowest BCUT2D eigenvalue weighted by Crippen LogP contribution is -2.31. The summed E-state index contributed by atoms with van der Waals surface area (Å²) in [5.74, 6) is 0.954. The van der Waals surface area contributed by atoms with Crippen molar-refractivity contribution in [3.63, 3.8) is 0 Å². The van der Waals surface area contributed by atoms with E-state index < -0.39 is 0 Å². The Morgan fingerprint density at radius 3 is 2.89 bits per heavy atom. The first-order valence-corrected chi connectivity index (χ1v) is 7.83. The van der Waals surface area contributed by atoms with Crippen LogP contribution in [-0.4, -0.2) is 19.1 Å². The molecule has 1 aromatic carbocycles. The fourth-order valence-corrected chi connectivity index (χ4v) is 3.87. The molecule has 1 saturated carbocycles. The van der Waals surface area contributed by atoms with Gasteiger partial charge >= 0.3 is 0 Å². The highest BCUT2D eigenvalue weighted by Crippen LogP contribution is 2.40. The van der Waals surface area contributed by atoms with Crippen molar-refractivity contribution in [2.24, 2.45) is 5.92 Å². The summed E-state index contributed by atoms with van der Waals surface area (Å²) >= 11 is 3.71. The van der Waals surface area contributed by atoms with Crippen LogP contribution in [0, 0.1) is 5.92 Å². The van der Waals surface area contributed by atoms with Gasteiger partial charge in [-0.1, -0.05) is 28.9 Å². The van der Waals surface area contributed by atoms with Crippen LogP contribution < -0.4 is 10.2 Å². The van der Waals surface area contributed by atoms with Crippen molar-refractivity contribution in [1.29, 1.82) is 0 Å². The third-order valence-corrected chi connectivity index (χ3v) is 5.08. The number of hydrogen-bond donors (Lipinski definition) is 1. The molecule has 1 heterocycles. The van der Waals surface area contributed by atoms with Crippen molar-refractivity contribution in [1.82, 2.24) is 5.32 Å². The molecular formula is C15H21BrN2. The molecule has 2 nitrogen and oxygen atoms in total. The molecule has 2 aliphatic rings. The van der Waals surface area contributed by atoms with Gasteiger partial charge in [0.15, 0.2) is 0 Å². The summed E-state index contributed by atoms with van der Waals surface area (Å²) < 4.78 is 1.24. The van der Waals surface area contributed by atoms with Crippen LogP contribution in [-0.2, 0) is 6.54 Å². The van der Waals surface area contributed by atoms with E-state index in [2.05, 4.69) is 51.3 Å². The maximum absolute atomic E-state index is 3.71. The molecule has 2 bridgehead atoms. The molecule has 1 N–H and O–H groups in total. The Morgan fingerprint density at radius 2 is 2.28 bits per heavy atom. The second-order valence-electron chi connectivity index (χ2n) is 5.54. The van der Waals surface area contributed by atoms with Crippen LogP contribution in [0.5, 0.6) is 0 Å². The number of fused-ring (bicyclic) bond motifs is 2. The highest BCUT2D eigenvalue weighted by molar-refractivity contribution is 9.10. The second kappa shape index (κ2) is 5.22. The second-order valence-corrected chi connectivity index (χ2v) is 6.40. The van der Waals surface area contributed by atoms with Crippen LogP contribution in [0.1, 0.15) is 31.7 Å². The first kappa shape index (κ1) is 12.5. The van der Waals surface area contributed by atoms with Gasteiger partial charge in [-0.2, -0.15) is 0 Å². The summed E-state index contributed by atoms with van der Waals surface area (Å²) in [6.07, 6.45) is 4.25. The molecule has 3 heteroatoms. The van der Waals surface area contributed by atoms with E-state index in [0.29, 0.717) is 0 Å². The molecule has 98 valence electrons. The van der Waals surface area contributed by atoms with Crippen molar-refractivity contribution in [2.45, 2.75) is 38.8 Å². The first-order valence-electron chi connectivity index (χ1n) is 7.03. The summed E-state index contributed by atoms with van der Waals surface area (Å²) in [5, 5.41) is 3.38. The number of piperidine rings is 1. The van der Waals surface area contributed by atoms with Gasteiger partial charge in [-0.15, -0.1) is 0 Å². The number of benzene rings is 1. The van der Waals surface area contributed by atoms with E-state index >= 15 is 0 Å². The zero-order chi connectivity index (χ0) is 12.5. The first-order chi connectivity index (χ1) is 8.78. The Kier molecular flexibility index (Phi) is 3.62. The minimum Gasteiger partial charge on any atom is -0.368 e. The van der Waals surface area contributed by atoms with Crippen LogP contribution >= 0.6 is 15.9 Å². The van der Waals surface area contributed by atoms with Gasteiger partial charge in [-0.3, -0.25) is 0 Å². The van der Waals surface area contributed by atoms with E-state index in [9.17, 15) is 0 Å². The molecule has 0 aromatic heterocycles. The predicted octanol–water partition coefficient (Wildman–Crippen LogP) is 3.55. The van der Waals surface area contributed by atoms with Gasteiger partial charge in [0.2, 0.25) is 0 Å². The van der Waals surface area contributed by atoms with Gasteiger partial charge < -0.3 is 10.2 Å². The van der Waals surface area contributed by atoms with Gasteiger partial charge in [0.1, 0.15) is 0 Å². The zero-order valence-electron chi connectivity index (χ0n) is 11.0. The van der Waals surface area contributed by atoms with E-state index in [-0.39, 0.29) is 0 Å². The van der Waals surface area contributed by atoms with Crippen molar-refractivity contribution >= 4 is 21.6 Å². The zero-order valence-corrected chi connectivity index (χ0v) is 12.5. The Hall–Kier alpha value is -0.540. The molecule has 0 radical (unpaired) electrons. The quantitative estimate of drug-likeness (QED) is 0.915. The van der Waals surface area contributed by atoms with Crippen molar-refractivity contribution in [2.75, 3.05) is 18.0 Å². The molecule has 1 saturated heterocycles. The normalized spacial score (nSPS) is 26.0. The molecule has 2 unspecified atom stereocenters. The van der Waals surface area contributed by atoms with E-state index in [1.165, 1.54) is 41.5 Å². The number of hydrogen-bond acceptors (Lipinski definition) is 2. The smallest absolute Gasteiger partial charge is 0.0380 e. The summed E-state index contributed by atoms with van der Waals surface area (Å²) in [6, 6.07) is 7.65. The molecule has 0 amide bonds. The average molecular weight is 309 g/mol. The predicted molar refractivity (Wildman–Crippen MR) is 80.0 cm³/mol. The number of nitrogens with zero attached hydrogens (tertiary/aromatic N) is 1. The lowest BCUT2D eigenvalue weighted by atomic mass is 10.1. The van der Waals surface area contributed by atoms with Crippen LogP contribution in [0.3, 0.4) is 0 Å². The van der Waals surface area contributed by atoms with E-state index in [0.717, 1.165) is 25.0 Å². The molecular weight excluding hydrogens is 288 g/mol. The Balaban J connectivity index is 1.76. The Labute approximate surface area is 118 Å². The molecule has 0 spiro atoms. The largest absolute Gasteiger partial charge is 0.368 e. The van der Waals surface area contributed by atoms with Gasteiger partial charge in [0.05, 0.1) is 0 Å². The molecule has 2 atom stereocenters. The van der Waals surface area contributed by atoms with Gasteiger partial charge in [0, 0.05) is 29.3 Å². The molecule has 18 heavy (non-hydrogen) atoms. The lowest BCUT2D eigenvalue weighted by molar-refractivity contribution is 0.553. The summed E-state index contributed by atoms with van der Waals surface area (Å²) in [7, 11) is 0. The van der Waals surface area contributed by atoms with Crippen molar-refractivity contribution < 1.29 is 0 Å². The van der Waals surface area contributed by atoms with E-state index in [1.807, 2.05) is 0 Å². The van der Waals surface area contributed by atoms with E-state index in [4.69, 9.17) is 0 Å². The van der Waals surface area contributed by atoms with Crippen LogP contribution in [0.15, 0.2) is 22.7 Å². The fraction of sp³-hybridized carbons (Fsp3) is 0.600. The number of anilines is 1. The molecule has 1 aromatic rings. The van der Waals surface area contributed by atoms with Crippen molar-refractivity contribution in [3.8, 4) is 0 Å². The molecule has 1 aliphatic carbocycles. The summed E-state index contributed by atoms with van der Waals surface area (Å²) in [4.78, 5) is 2.61. The third kappa shape index (κ3) is 2.30. The minimum absolute atomic E-state index is 0.807. The topological polar surface area (TPSA) is 15.3 Å². The summed E-state index contributed by atoms with van der Waals surface area (Å²) in [6.45, 7) is 5.38. The van der Waals surface area contributed by atoms with Gasteiger partial charge in [-0.25, -0.2) is 0 Å². The lowest BCUT2D eigenvalue weighted by Gasteiger charge is -2.29.